The second-order valence-electron chi connectivity index (χ2n) is 4.54. The Hall–Kier alpha value is -2.05. The molecule has 0 aliphatic carbocycles. The maximum Gasteiger partial charge on any atom is 0.191 e. The van der Waals surface area contributed by atoms with Crippen molar-refractivity contribution in [3.05, 3.63) is 52.5 Å². The fraction of sp³-hybridized carbons (Fsp3) is 0.214. The zero-order valence-corrected chi connectivity index (χ0v) is 11.9. The van der Waals surface area contributed by atoms with E-state index in [0.717, 1.165) is 6.54 Å². The van der Waals surface area contributed by atoms with Gasteiger partial charge in [0.15, 0.2) is 5.82 Å². The highest BCUT2D eigenvalue weighted by Gasteiger charge is 2.10. The van der Waals surface area contributed by atoms with Crippen molar-refractivity contribution in [3.63, 3.8) is 0 Å². The van der Waals surface area contributed by atoms with E-state index in [-0.39, 0.29) is 6.04 Å². The van der Waals surface area contributed by atoms with Gasteiger partial charge in [0, 0.05) is 11.4 Å². The van der Waals surface area contributed by atoms with E-state index in [1.165, 1.54) is 16.0 Å². The smallest absolute Gasteiger partial charge is 0.191 e. The summed E-state index contributed by atoms with van der Waals surface area (Å²) in [6, 6.07) is 12.7. The van der Waals surface area contributed by atoms with Gasteiger partial charge in [0.1, 0.15) is 0 Å². The molecular weight excluding hydrogens is 270 g/mol. The fourth-order valence-electron chi connectivity index (χ4n) is 1.95. The third kappa shape index (κ3) is 2.92. The molecule has 0 spiro atoms. The van der Waals surface area contributed by atoms with Gasteiger partial charge in [-0.05, 0) is 29.5 Å². The molecule has 1 aromatic carbocycles. The Morgan fingerprint density at radius 3 is 2.85 bits per heavy atom. The van der Waals surface area contributed by atoms with Crippen LogP contribution in [0.25, 0.3) is 11.1 Å². The summed E-state index contributed by atoms with van der Waals surface area (Å²) in [6.07, 6.45) is 0. The standard InChI is InChI=1S/C14H15N5S/c1-10(14-16-18-19-17-14)15-8-13-7-12(9-20-13)11-5-3-2-4-6-11/h2-7,9-10,15H,8H2,1H3,(H,16,17,18,19). The first kappa shape index (κ1) is 13.0. The minimum atomic E-state index is 0.0797. The molecule has 0 radical (unpaired) electrons. The van der Waals surface area contributed by atoms with Crippen molar-refractivity contribution in [1.29, 1.82) is 0 Å². The predicted octanol–water partition coefficient (Wildman–Crippen LogP) is 2.78. The second-order valence-corrected chi connectivity index (χ2v) is 5.54. The van der Waals surface area contributed by atoms with Crippen LogP contribution in [0.5, 0.6) is 0 Å². The molecule has 2 aromatic heterocycles. The topological polar surface area (TPSA) is 66.5 Å². The van der Waals surface area contributed by atoms with Gasteiger partial charge in [-0.1, -0.05) is 35.5 Å². The van der Waals surface area contributed by atoms with Crippen LogP contribution in [0.15, 0.2) is 41.8 Å². The number of rotatable bonds is 5. The zero-order valence-electron chi connectivity index (χ0n) is 11.1. The summed E-state index contributed by atoms with van der Waals surface area (Å²) in [5.41, 5.74) is 2.51. The van der Waals surface area contributed by atoms with Crippen LogP contribution in [-0.4, -0.2) is 20.6 Å². The SMILES string of the molecule is CC(NCc1cc(-c2ccccc2)cs1)c1nn[nH]n1. The Bertz CT molecular complexity index is 647. The first-order chi connectivity index (χ1) is 9.83. The number of aromatic nitrogens is 4. The highest BCUT2D eigenvalue weighted by atomic mass is 32.1. The molecule has 0 saturated carbocycles. The molecule has 0 amide bonds. The van der Waals surface area contributed by atoms with Crippen molar-refractivity contribution >= 4 is 11.3 Å². The molecule has 2 heterocycles. The van der Waals surface area contributed by atoms with E-state index < -0.39 is 0 Å². The van der Waals surface area contributed by atoms with Crippen molar-refractivity contribution < 1.29 is 0 Å². The fourth-order valence-corrected chi connectivity index (χ4v) is 2.80. The van der Waals surface area contributed by atoms with Crippen LogP contribution in [0.4, 0.5) is 0 Å². The van der Waals surface area contributed by atoms with Gasteiger partial charge in [-0.3, -0.25) is 0 Å². The molecule has 1 atom stereocenters. The molecule has 3 rings (SSSR count). The van der Waals surface area contributed by atoms with Crippen molar-refractivity contribution in [2.75, 3.05) is 0 Å². The van der Waals surface area contributed by atoms with Crippen molar-refractivity contribution in [1.82, 2.24) is 25.9 Å². The highest BCUT2D eigenvalue weighted by molar-refractivity contribution is 7.10. The van der Waals surface area contributed by atoms with E-state index in [9.17, 15) is 0 Å². The van der Waals surface area contributed by atoms with Crippen LogP contribution in [0.2, 0.25) is 0 Å². The predicted molar refractivity (Wildman–Crippen MR) is 79.2 cm³/mol. The van der Waals surface area contributed by atoms with Crippen LogP contribution >= 0.6 is 11.3 Å². The lowest BCUT2D eigenvalue weighted by Crippen LogP contribution is -2.18. The molecular formula is C14H15N5S. The summed E-state index contributed by atoms with van der Waals surface area (Å²) in [7, 11) is 0. The highest BCUT2D eigenvalue weighted by Crippen LogP contribution is 2.25. The molecule has 1 unspecified atom stereocenters. The first-order valence-electron chi connectivity index (χ1n) is 6.42. The number of nitrogens with zero attached hydrogens (tertiary/aromatic N) is 3. The molecule has 102 valence electrons. The lowest BCUT2D eigenvalue weighted by molar-refractivity contribution is 0.550. The minimum Gasteiger partial charge on any atom is -0.302 e. The largest absolute Gasteiger partial charge is 0.302 e. The molecule has 0 aliphatic rings. The van der Waals surface area contributed by atoms with Crippen LogP contribution in [0.3, 0.4) is 0 Å². The lowest BCUT2D eigenvalue weighted by atomic mass is 10.1. The monoisotopic (exact) mass is 285 g/mol. The van der Waals surface area contributed by atoms with E-state index in [0.29, 0.717) is 5.82 Å². The minimum absolute atomic E-state index is 0.0797. The number of thiophene rings is 1. The number of benzene rings is 1. The number of H-pyrrole nitrogens is 1. The van der Waals surface area contributed by atoms with E-state index in [1.807, 2.05) is 13.0 Å². The number of hydrogen-bond donors (Lipinski definition) is 2. The molecule has 6 heteroatoms. The van der Waals surface area contributed by atoms with Gasteiger partial charge in [0.25, 0.3) is 0 Å². The second kappa shape index (κ2) is 5.94. The number of nitrogens with one attached hydrogen (secondary N) is 2. The molecule has 0 bridgehead atoms. The van der Waals surface area contributed by atoms with Crippen LogP contribution in [0, 0.1) is 0 Å². The third-order valence-electron chi connectivity index (χ3n) is 3.09. The van der Waals surface area contributed by atoms with Crippen LogP contribution < -0.4 is 5.32 Å². The normalized spacial score (nSPS) is 12.4. The van der Waals surface area contributed by atoms with Gasteiger partial charge in [0.2, 0.25) is 0 Å². The number of hydrogen-bond acceptors (Lipinski definition) is 5. The molecule has 3 aromatic rings. The average molecular weight is 285 g/mol. The molecule has 2 N–H and O–H groups in total. The Morgan fingerprint density at radius 2 is 2.10 bits per heavy atom. The Balaban J connectivity index is 1.63. The molecule has 5 nitrogen and oxygen atoms in total. The molecule has 0 saturated heterocycles. The van der Waals surface area contributed by atoms with E-state index in [4.69, 9.17) is 0 Å². The summed E-state index contributed by atoms with van der Waals surface area (Å²) in [6.45, 7) is 2.82. The average Bonchev–Trinajstić information content (AvgIpc) is 3.17. The van der Waals surface area contributed by atoms with Gasteiger partial charge in [-0.15, -0.1) is 21.5 Å². The summed E-state index contributed by atoms with van der Waals surface area (Å²) in [5, 5.41) is 19.6. The van der Waals surface area contributed by atoms with Gasteiger partial charge < -0.3 is 5.32 Å². The summed E-state index contributed by atoms with van der Waals surface area (Å²) in [4.78, 5) is 1.29. The first-order valence-corrected chi connectivity index (χ1v) is 7.30. The Labute approximate surface area is 121 Å². The van der Waals surface area contributed by atoms with Crippen molar-refractivity contribution in [2.45, 2.75) is 19.5 Å². The lowest BCUT2D eigenvalue weighted by Gasteiger charge is -2.07. The van der Waals surface area contributed by atoms with Crippen LogP contribution in [-0.2, 0) is 6.54 Å². The molecule has 0 fully saturated rings. The van der Waals surface area contributed by atoms with Gasteiger partial charge in [-0.25, -0.2) is 0 Å². The van der Waals surface area contributed by atoms with Crippen LogP contribution in [0.1, 0.15) is 23.7 Å². The van der Waals surface area contributed by atoms with Crippen molar-refractivity contribution in [2.24, 2.45) is 0 Å². The molecule has 0 aliphatic heterocycles. The van der Waals surface area contributed by atoms with Gasteiger partial charge in [0.05, 0.1) is 6.04 Å². The molecule has 20 heavy (non-hydrogen) atoms. The summed E-state index contributed by atoms with van der Waals surface area (Å²) < 4.78 is 0. The van der Waals surface area contributed by atoms with E-state index >= 15 is 0 Å². The number of tetrazole rings is 1. The summed E-state index contributed by atoms with van der Waals surface area (Å²) >= 11 is 1.76. The van der Waals surface area contributed by atoms with E-state index in [2.05, 4.69) is 61.7 Å². The number of aromatic amines is 1. The maximum atomic E-state index is 3.97. The third-order valence-corrected chi connectivity index (χ3v) is 4.03. The van der Waals surface area contributed by atoms with E-state index in [1.54, 1.807) is 11.3 Å². The van der Waals surface area contributed by atoms with Gasteiger partial charge in [-0.2, -0.15) is 5.21 Å². The van der Waals surface area contributed by atoms with Crippen molar-refractivity contribution in [3.8, 4) is 11.1 Å². The quantitative estimate of drug-likeness (QED) is 0.756. The maximum absolute atomic E-state index is 3.97. The van der Waals surface area contributed by atoms with Gasteiger partial charge >= 0.3 is 0 Å². The zero-order chi connectivity index (χ0) is 13.8. The summed E-state index contributed by atoms with van der Waals surface area (Å²) in [5.74, 6) is 0.685. The Morgan fingerprint density at radius 1 is 1.25 bits per heavy atom. The Kier molecular flexibility index (Phi) is 3.85.